The zero-order chi connectivity index (χ0) is 15.2. The molecule has 8 heteroatoms. The molecule has 112 valence electrons. The highest BCUT2D eigenvalue weighted by atomic mass is 16.5. The number of hydrazine groups is 1. The summed E-state index contributed by atoms with van der Waals surface area (Å²) < 4.78 is 11.2. The van der Waals surface area contributed by atoms with Gasteiger partial charge in [0.1, 0.15) is 0 Å². The SMILES string of the molecule is CCOc1ccccc1Oc1nc(NN)nc(N(C)C)n1. The second kappa shape index (κ2) is 6.71. The van der Waals surface area contributed by atoms with Gasteiger partial charge in [0, 0.05) is 14.1 Å². The van der Waals surface area contributed by atoms with Gasteiger partial charge in [-0.05, 0) is 19.1 Å². The van der Waals surface area contributed by atoms with Gasteiger partial charge in [-0.2, -0.15) is 15.0 Å². The van der Waals surface area contributed by atoms with E-state index < -0.39 is 0 Å². The fraction of sp³-hybridized carbons (Fsp3) is 0.308. The summed E-state index contributed by atoms with van der Waals surface area (Å²) in [5, 5.41) is 0. The van der Waals surface area contributed by atoms with Gasteiger partial charge in [0.15, 0.2) is 11.5 Å². The number of para-hydroxylation sites is 2. The number of nitrogens with one attached hydrogen (secondary N) is 1. The lowest BCUT2D eigenvalue weighted by atomic mass is 10.3. The highest BCUT2D eigenvalue weighted by molar-refractivity contribution is 5.42. The van der Waals surface area contributed by atoms with Gasteiger partial charge < -0.3 is 14.4 Å². The molecule has 21 heavy (non-hydrogen) atoms. The van der Waals surface area contributed by atoms with E-state index in [0.29, 0.717) is 24.1 Å². The first-order chi connectivity index (χ1) is 10.1. The van der Waals surface area contributed by atoms with Gasteiger partial charge in [-0.15, -0.1) is 0 Å². The fourth-order valence-corrected chi connectivity index (χ4v) is 1.56. The van der Waals surface area contributed by atoms with Gasteiger partial charge >= 0.3 is 6.01 Å². The van der Waals surface area contributed by atoms with Gasteiger partial charge in [-0.25, -0.2) is 5.84 Å². The molecule has 0 amide bonds. The molecule has 0 unspecified atom stereocenters. The molecule has 0 aliphatic carbocycles. The molecule has 0 atom stereocenters. The Bertz CT molecular complexity index is 605. The number of hydrogen-bond donors (Lipinski definition) is 2. The second-order valence-electron chi connectivity index (χ2n) is 4.26. The Balaban J connectivity index is 2.32. The van der Waals surface area contributed by atoms with Crippen LogP contribution in [-0.2, 0) is 0 Å². The predicted molar refractivity (Wildman–Crippen MR) is 79.6 cm³/mol. The molecule has 3 N–H and O–H groups in total. The summed E-state index contributed by atoms with van der Waals surface area (Å²) in [7, 11) is 3.63. The molecule has 0 bridgehead atoms. The zero-order valence-corrected chi connectivity index (χ0v) is 12.2. The third-order valence-corrected chi connectivity index (χ3v) is 2.48. The van der Waals surface area contributed by atoms with Crippen molar-refractivity contribution in [3.8, 4) is 17.5 Å². The van der Waals surface area contributed by atoms with E-state index >= 15 is 0 Å². The molecule has 0 aliphatic heterocycles. The molecular formula is C13H18N6O2. The number of anilines is 2. The summed E-state index contributed by atoms with van der Waals surface area (Å²) in [6.07, 6.45) is 0. The predicted octanol–water partition coefficient (Wildman–Crippen LogP) is 1.41. The summed E-state index contributed by atoms with van der Waals surface area (Å²) in [5.74, 6) is 7.16. The van der Waals surface area contributed by atoms with Crippen LogP contribution < -0.4 is 25.6 Å². The van der Waals surface area contributed by atoms with Crippen LogP contribution in [0.25, 0.3) is 0 Å². The quantitative estimate of drug-likeness (QED) is 0.608. The maximum absolute atomic E-state index is 5.69. The summed E-state index contributed by atoms with van der Waals surface area (Å²) >= 11 is 0. The first kappa shape index (κ1) is 14.8. The third-order valence-electron chi connectivity index (χ3n) is 2.48. The van der Waals surface area contributed by atoms with Gasteiger partial charge in [-0.3, -0.25) is 5.43 Å². The maximum atomic E-state index is 5.69. The number of ether oxygens (including phenoxy) is 2. The number of nitrogens with two attached hydrogens (primary N) is 1. The van der Waals surface area contributed by atoms with Crippen LogP contribution in [0.3, 0.4) is 0 Å². The Labute approximate surface area is 122 Å². The van der Waals surface area contributed by atoms with Crippen molar-refractivity contribution in [3.63, 3.8) is 0 Å². The zero-order valence-electron chi connectivity index (χ0n) is 12.2. The molecule has 2 aromatic rings. The lowest BCUT2D eigenvalue weighted by Gasteiger charge is -2.13. The lowest BCUT2D eigenvalue weighted by Crippen LogP contribution is -2.17. The number of aromatic nitrogens is 3. The average molecular weight is 290 g/mol. The number of hydrogen-bond acceptors (Lipinski definition) is 8. The molecule has 0 aliphatic rings. The molecule has 0 fully saturated rings. The van der Waals surface area contributed by atoms with Gasteiger partial charge in [-0.1, -0.05) is 12.1 Å². The van der Waals surface area contributed by atoms with E-state index in [4.69, 9.17) is 15.3 Å². The second-order valence-corrected chi connectivity index (χ2v) is 4.26. The van der Waals surface area contributed by atoms with E-state index in [1.165, 1.54) is 0 Å². The van der Waals surface area contributed by atoms with Crippen LogP contribution in [0.1, 0.15) is 6.92 Å². The van der Waals surface area contributed by atoms with Crippen molar-refractivity contribution >= 4 is 11.9 Å². The first-order valence-electron chi connectivity index (χ1n) is 6.43. The number of nitrogens with zero attached hydrogens (tertiary/aromatic N) is 4. The van der Waals surface area contributed by atoms with Crippen LogP contribution in [0.5, 0.6) is 17.5 Å². The molecule has 0 spiro atoms. The number of benzene rings is 1. The van der Waals surface area contributed by atoms with Crippen LogP contribution in [0, 0.1) is 0 Å². The molecule has 2 rings (SSSR count). The smallest absolute Gasteiger partial charge is 0.328 e. The van der Waals surface area contributed by atoms with Gasteiger partial charge in [0.05, 0.1) is 6.61 Å². The summed E-state index contributed by atoms with van der Waals surface area (Å²) in [4.78, 5) is 14.1. The van der Waals surface area contributed by atoms with E-state index in [9.17, 15) is 0 Å². The van der Waals surface area contributed by atoms with E-state index in [1.54, 1.807) is 11.0 Å². The van der Waals surface area contributed by atoms with Crippen molar-refractivity contribution in [2.45, 2.75) is 6.92 Å². The summed E-state index contributed by atoms with van der Waals surface area (Å²) in [6, 6.07) is 7.43. The topological polar surface area (TPSA) is 98.4 Å². The fourth-order valence-electron chi connectivity index (χ4n) is 1.56. The van der Waals surface area contributed by atoms with Crippen LogP contribution in [0.2, 0.25) is 0 Å². The molecular weight excluding hydrogens is 272 g/mol. The molecule has 1 aromatic carbocycles. The van der Waals surface area contributed by atoms with Crippen LogP contribution in [0.4, 0.5) is 11.9 Å². The monoisotopic (exact) mass is 290 g/mol. The van der Waals surface area contributed by atoms with Crippen molar-refractivity contribution in [1.82, 2.24) is 15.0 Å². The minimum Gasteiger partial charge on any atom is -0.490 e. The van der Waals surface area contributed by atoms with Crippen molar-refractivity contribution in [1.29, 1.82) is 0 Å². The van der Waals surface area contributed by atoms with Crippen molar-refractivity contribution in [2.75, 3.05) is 31.0 Å². The Morgan fingerprint density at radius 2 is 1.86 bits per heavy atom. The van der Waals surface area contributed by atoms with Gasteiger partial charge in [0.2, 0.25) is 11.9 Å². The van der Waals surface area contributed by atoms with Crippen molar-refractivity contribution < 1.29 is 9.47 Å². The largest absolute Gasteiger partial charge is 0.490 e. The van der Waals surface area contributed by atoms with Crippen LogP contribution in [0.15, 0.2) is 24.3 Å². The highest BCUT2D eigenvalue weighted by Crippen LogP contribution is 2.30. The third kappa shape index (κ3) is 3.69. The highest BCUT2D eigenvalue weighted by Gasteiger charge is 2.11. The molecule has 0 saturated carbocycles. The Morgan fingerprint density at radius 3 is 2.48 bits per heavy atom. The summed E-state index contributed by atoms with van der Waals surface area (Å²) in [5.41, 5.74) is 2.39. The van der Waals surface area contributed by atoms with Gasteiger partial charge in [0.25, 0.3) is 0 Å². The van der Waals surface area contributed by atoms with E-state index in [-0.39, 0.29) is 12.0 Å². The Kier molecular flexibility index (Phi) is 4.72. The summed E-state index contributed by atoms with van der Waals surface area (Å²) in [6.45, 7) is 2.44. The van der Waals surface area contributed by atoms with E-state index in [1.807, 2.05) is 39.2 Å². The number of rotatable bonds is 6. The average Bonchev–Trinajstić information content (AvgIpc) is 2.49. The normalized spacial score (nSPS) is 10.1. The van der Waals surface area contributed by atoms with E-state index in [2.05, 4.69) is 20.4 Å². The molecule has 1 heterocycles. The first-order valence-corrected chi connectivity index (χ1v) is 6.43. The maximum Gasteiger partial charge on any atom is 0.328 e. The molecule has 1 aromatic heterocycles. The Hall–Kier alpha value is -2.61. The van der Waals surface area contributed by atoms with Crippen LogP contribution >= 0.6 is 0 Å². The van der Waals surface area contributed by atoms with Crippen LogP contribution in [-0.4, -0.2) is 35.7 Å². The lowest BCUT2D eigenvalue weighted by molar-refractivity contribution is 0.317. The minimum absolute atomic E-state index is 0.133. The molecule has 8 nitrogen and oxygen atoms in total. The van der Waals surface area contributed by atoms with Crippen molar-refractivity contribution in [2.24, 2.45) is 5.84 Å². The van der Waals surface area contributed by atoms with Crippen molar-refractivity contribution in [3.05, 3.63) is 24.3 Å². The minimum atomic E-state index is 0.133. The molecule has 0 saturated heterocycles. The standard InChI is InChI=1S/C13H18N6O2/c1-4-20-9-7-5-6-8-10(9)21-13-16-11(18-14)15-12(17-13)19(2)3/h5-8H,4,14H2,1-3H3,(H,15,16,17,18). The number of nitrogen functional groups attached to an aromatic ring is 1. The Morgan fingerprint density at radius 1 is 1.14 bits per heavy atom. The molecule has 0 radical (unpaired) electrons. The van der Waals surface area contributed by atoms with E-state index in [0.717, 1.165) is 0 Å².